The molecule has 0 spiro atoms. The van der Waals surface area contributed by atoms with Gasteiger partial charge < -0.3 is 4.74 Å². The lowest BCUT2D eigenvalue weighted by Gasteiger charge is -2.14. The molecule has 1 atom stereocenters. The van der Waals surface area contributed by atoms with Gasteiger partial charge in [0.15, 0.2) is 0 Å². The van der Waals surface area contributed by atoms with Crippen molar-refractivity contribution in [3.8, 4) is 11.8 Å². The first-order valence-corrected chi connectivity index (χ1v) is 6.42. The van der Waals surface area contributed by atoms with Crippen molar-refractivity contribution in [1.82, 2.24) is 0 Å². The summed E-state index contributed by atoms with van der Waals surface area (Å²) in [7, 11) is 1.42. The van der Waals surface area contributed by atoms with Gasteiger partial charge in [0, 0.05) is 16.7 Å². The molecule has 2 aromatic rings. The molecule has 0 saturated heterocycles. The monoisotopic (exact) mass is 302 g/mol. The van der Waals surface area contributed by atoms with Crippen LogP contribution in [0.1, 0.15) is 17.0 Å². The molecule has 21 heavy (non-hydrogen) atoms. The molecule has 1 unspecified atom stereocenters. The molecule has 0 N–H and O–H groups in total. The van der Waals surface area contributed by atoms with Crippen molar-refractivity contribution in [2.24, 2.45) is 0 Å². The van der Waals surface area contributed by atoms with Crippen molar-refractivity contribution in [1.29, 1.82) is 5.26 Å². The third-order valence-electron chi connectivity index (χ3n) is 3.07. The lowest BCUT2D eigenvalue weighted by Crippen LogP contribution is -2.02. The summed E-state index contributed by atoms with van der Waals surface area (Å²) in [6.45, 7) is 0. The summed E-state index contributed by atoms with van der Waals surface area (Å²) in [4.78, 5) is 10.3. The Morgan fingerprint density at radius 2 is 1.95 bits per heavy atom. The Morgan fingerprint density at radius 1 is 1.29 bits per heavy atom. The maximum Gasteiger partial charge on any atom is 0.273 e. The minimum Gasteiger partial charge on any atom is -0.496 e. The van der Waals surface area contributed by atoms with Crippen molar-refractivity contribution in [2.75, 3.05) is 7.11 Å². The van der Waals surface area contributed by atoms with E-state index in [9.17, 15) is 15.4 Å². The Bertz CT molecular complexity index is 708. The normalized spacial score (nSPS) is 11.5. The summed E-state index contributed by atoms with van der Waals surface area (Å²) in [6.07, 6.45) is 0. The van der Waals surface area contributed by atoms with E-state index in [1.165, 1.54) is 19.2 Å². The van der Waals surface area contributed by atoms with Crippen LogP contribution in [-0.4, -0.2) is 12.0 Å². The number of hydrogen-bond donors (Lipinski definition) is 0. The Hall–Kier alpha value is -2.58. The molecule has 0 fully saturated rings. The largest absolute Gasteiger partial charge is 0.496 e. The number of nitrogens with zero attached hydrogens (tertiary/aromatic N) is 2. The molecule has 0 aromatic heterocycles. The molecular weight excluding hydrogens is 292 g/mol. The van der Waals surface area contributed by atoms with Crippen LogP contribution >= 0.6 is 11.6 Å². The number of halogens is 1. The fraction of sp³-hybridized carbons (Fsp3) is 0.133. The summed E-state index contributed by atoms with van der Waals surface area (Å²) < 4.78 is 5.18. The van der Waals surface area contributed by atoms with E-state index >= 15 is 0 Å². The smallest absolute Gasteiger partial charge is 0.273 e. The molecule has 0 amide bonds. The van der Waals surface area contributed by atoms with E-state index in [4.69, 9.17) is 16.3 Å². The van der Waals surface area contributed by atoms with Crippen LogP contribution in [-0.2, 0) is 0 Å². The van der Waals surface area contributed by atoms with Crippen LogP contribution in [0.25, 0.3) is 0 Å². The van der Waals surface area contributed by atoms with Gasteiger partial charge >= 0.3 is 0 Å². The highest BCUT2D eigenvalue weighted by Gasteiger charge is 2.20. The second-order valence-corrected chi connectivity index (χ2v) is 4.73. The summed E-state index contributed by atoms with van der Waals surface area (Å²) in [5, 5.41) is 20.8. The van der Waals surface area contributed by atoms with E-state index < -0.39 is 10.8 Å². The molecule has 0 heterocycles. The number of benzene rings is 2. The van der Waals surface area contributed by atoms with Gasteiger partial charge in [0.2, 0.25) is 0 Å². The van der Waals surface area contributed by atoms with Crippen LogP contribution < -0.4 is 4.74 Å². The van der Waals surface area contributed by atoms with Gasteiger partial charge in [-0.1, -0.05) is 23.7 Å². The number of ether oxygens (including phenoxy) is 1. The molecule has 0 saturated carbocycles. The highest BCUT2D eigenvalue weighted by atomic mass is 35.5. The number of rotatable bonds is 4. The number of nitriles is 1. The van der Waals surface area contributed by atoms with Gasteiger partial charge in [0.05, 0.1) is 30.1 Å². The quantitative estimate of drug-likeness (QED) is 0.633. The molecule has 5 nitrogen and oxygen atoms in total. The van der Waals surface area contributed by atoms with Gasteiger partial charge in [-0.05, 0) is 23.8 Å². The first-order valence-electron chi connectivity index (χ1n) is 6.04. The van der Waals surface area contributed by atoms with Gasteiger partial charge in [0.1, 0.15) is 5.75 Å². The highest BCUT2D eigenvalue weighted by molar-refractivity contribution is 6.30. The van der Waals surface area contributed by atoms with E-state index in [1.54, 1.807) is 30.3 Å². The first kappa shape index (κ1) is 14.8. The summed E-state index contributed by atoms with van der Waals surface area (Å²) in [6, 6.07) is 13.3. The van der Waals surface area contributed by atoms with E-state index in [-0.39, 0.29) is 5.69 Å². The lowest BCUT2D eigenvalue weighted by molar-refractivity contribution is -0.384. The van der Waals surface area contributed by atoms with Crippen molar-refractivity contribution < 1.29 is 9.66 Å². The van der Waals surface area contributed by atoms with Crippen LogP contribution in [0.2, 0.25) is 5.02 Å². The van der Waals surface area contributed by atoms with Crippen molar-refractivity contribution in [3.05, 3.63) is 68.7 Å². The molecule has 0 radical (unpaired) electrons. The van der Waals surface area contributed by atoms with Crippen LogP contribution in [0, 0.1) is 21.4 Å². The first-order chi connectivity index (χ1) is 10.1. The van der Waals surface area contributed by atoms with Crippen LogP contribution in [0.5, 0.6) is 5.75 Å². The van der Waals surface area contributed by atoms with E-state index in [2.05, 4.69) is 6.07 Å². The number of nitro benzene ring substituents is 1. The third-order valence-corrected chi connectivity index (χ3v) is 3.32. The Morgan fingerprint density at radius 3 is 2.48 bits per heavy atom. The highest BCUT2D eigenvalue weighted by Crippen LogP contribution is 2.34. The van der Waals surface area contributed by atoms with Gasteiger partial charge in [-0.3, -0.25) is 10.1 Å². The van der Waals surface area contributed by atoms with Crippen LogP contribution in [0.4, 0.5) is 5.69 Å². The zero-order valence-corrected chi connectivity index (χ0v) is 11.9. The van der Waals surface area contributed by atoms with E-state index in [0.717, 1.165) is 5.56 Å². The number of hydrogen-bond acceptors (Lipinski definition) is 4. The predicted octanol–water partition coefficient (Wildman–Crippen LogP) is 3.91. The van der Waals surface area contributed by atoms with Gasteiger partial charge in [-0.2, -0.15) is 5.26 Å². The molecular formula is C15H11ClN2O3. The van der Waals surface area contributed by atoms with Crippen LogP contribution in [0.15, 0.2) is 42.5 Å². The van der Waals surface area contributed by atoms with Crippen molar-refractivity contribution in [3.63, 3.8) is 0 Å². The Balaban J connectivity index is 2.50. The molecule has 0 aliphatic carbocycles. The van der Waals surface area contributed by atoms with Gasteiger partial charge in [-0.25, -0.2) is 0 Å². The summed E-state index contributed by atoms with van der Waals surface area (Å²) in [5.74, 6) is -0.274. The Kier molecular flexibility index (Phi) is 4.41. The second-order valence-electron chi connectivity index (χ2n) is 4.30. The average molecular weight is 303 g/mol. The fourth-order valence-corrected chi connectivity index (χ4v) is 2.16. The SMILES string of the molecule is COc1cc([N+](=O)[O-])ccc1C(C#N)c1ccc(Cl)cc1. The topological polar surface area (TPSA) is 76.2 Å². The molecule has 0 aliphatic rings. The summed E-state index contributed by atoms with van der Waals surface area (Å²) >= 11 is 5.84. The van der Waals surface area contributed by atoms with Crippen molar-refractivity contribution in [2.45, 2.75) is 5.92 Å². The maximum absolute atomic E-state index is 10.8. The molecule has 106 valence electrons. The van der Waals surface area contributed by atoms with E-state index in [1.807, 2.05) is 0 Å². The standard InChI is InChI=1S/C15H11ClN2O3/c1-21-15-8-12(18(19)20)6-7-13(15)14(9-17)10-2-4-11(16)5-3-10/h2-8,14H,1H3. The van der Waals surface area contributed by atoms with E-state index in [0.29, 0.717) is 16.3 Å². The zero-order chi connectivity index (χ0) is 15.4. The number of non-ortho nitro benzene ring substituents is 1. The number of methoxy groups -OCH3 is 1. The Labute approximate surface area is 126 Å². The van der Waals surface area contributed by atoms with Gasteiger partial charge in [-0.15, -0.1) is 0 Å². The van der Waals surface area contributed by atoms with Gasteiger partial charge in [0.25, 0.3) is 5.69 Å². The second kappa shape index (κ2) is 6.25. The van der Waals surface area contributed by atoms with Crippen molar-refractivity contribution >= 4 is 17.3 Å². The third kappa shape index (κ3) is 3.12. The average Bonchev–Trinajstić information content (AvgIpc) is 2.50. The lowest BCUT2D eigenvalue weighted by atomic mass is 9.92. The fourth-order valence-electron chi connectivity index (χ4n) is 2.03. The minimum absolute atomic E-state index is 0.0802. The number of nitro groups is 1. The van der Waals surface area contributed by atoms with Crippen LogP contribution in [0.3, 0.4) is 0 Å². The minimum atomic E-state index is -0.585. The molecule has 6 heteroatoms. The zero-order valence-electron chi connectivity index (χ0n) is 11.1. The maximum atomic E-state index is 10.8. The predicted molar refractivity (Wildman–Crippen MR) is 78.6 cm³/mol. The molecule has 0 aliphatic heterocycles. The molecule has 0 bridgehead atoms. The molecule has 2 aromatic carbocycles. The molecule has 2 rings (SSSR count). The summed E-state index contributed by atoms with van der Waals surface area (Å²) in [5.41, 5.74) is 1.24.